The number of amides is 1. The average molecular weight is 424 g/mol. The summed E-state index contributed by atoms with van der Waals surface area (Å²) in [7, 11) is 0. The van der Waals surface area contributed by atoms with Gasteiger partial charge in [-0.25, -0.2) is 0 Å². The van der Waals surface area contributed by atoms with Gasteiger partial charge in [0.05, 0.1) is 18.2 Å². The van der Waals surface area contributed by atoms with E-state index in [2.05, 4.69) is 0 Å². The highest BCUT2D eigenvalue weighted by atomic mass is 16.5. The number of nitrogens with zero attached hydrogens (tertiary/aromatic N) is 1. The van der Waals surface area contributed by atoms with Gasteiger partial charge in [0.2, 0.25) is 0 Å². The molecule has 0 fully saturated rings. The number of Topliss-reactive ketones (excluding diaryl/α,β-unsaturated/α-hetero) is 1. The lowest BCUT2D eigenvalue weighted by atomic mass is 9.93. The molecule has 3 rings (SSSR count). The van der Waals surface area contributed by atoms with Gasteiger partial charge in [-0.15, -0.1) is 0 Å². The molecule has 0 radical (unpaired) electrons. The number of aromatic hydroxyl groups is 1. The van der Waals surface area contributed by atoms with Gasteiger partial charge in [-0.2, -0.15) is 0 Å². The van der Waals surface area contributed by atoms with Crippen LogP contribution in [0.2, 0.25) is 0 Å². The van der Waals surface area contributed by atoms with Crippen LogP contribution in [0.4, 0.5) is 0 Å². The molecular formula is C25H29NO5. The molecule has 1 amide bonds. The first-order chi connectivity index (χ1) is 15.0. The van der Waals surface area contributed by atoms with Crippen LogP contribution in [-0.4, -0.2) is 40.0 Å². The molecule has 164 valence electrons. The van der Waals surface area contributed by atoms with Crippen LogP contribution in [0.5, 0.6) is 11.5 Å². The minimum Gasteiger partial charge on any atom is -0.504 e. The van der Waals surface area contributed by atoms with Crippen molar-refractivity contribution in [1.29, 1.82) is 0 Å². The Bertz CT molecular complexity index is 967. The smallest absolute Gasteiger partial charge is 0.290 e. The molecule has 1 unspecified atom stereocenters. The van der Waals surface area contributed by atoms with Crippen LogP contribution in [0.1, 0.15) is 50.3 Å². The van der Waals surface area contributed by atoms with Crippen molar-refractivity contribution < 1.29 is 24.5 Å². The number of carbonyl (C=O) groups is 2. The van der Waals surface area contributed by atoms with Gasteiger partial charge in [0.15, 0.2) is 23.0 Å². The largest absolute Gasteiger partial charge is 0.504 e. The fourth-order valence-corrected chi connectivity index (χ4v) is 3.85. The zero-order valence-electron chi connectivity index (χ0n) is 18.0. The minimum absolute atomic E-state index is 0.0137. The van der Waals surface area contributed by atoms with Crippen molar-refractivity contribution in [2.75, 3.05) is 13.2 Å². The second-order valence-electron chi connectivity index (χ2n) is 7.59. The molecule has 0 saturated carbocycles. The summed E-state index contributed by atoms with van der Waals surface area (Å²) in [4.78, 5) is 27.6. The molecule has 1 atom stereocenters. The Hall–Kier alpha value is -3.28. The number of aliphatic hydroxyl groups is 1. The van der Waals surface area contributed by atoms with E-state index < -0.39 is 17.7 Å². The number of aliphatic hydroxyl groups excluding tert-OH is 1. The summed E-state index contributed by atoms with van der Waals surface area (Å²) in [5, 5.41) is 20.7. The Morgan fingerprint density at radius 2 is 1.84 bits per heavy atom. The topological polar surface area (TPSA) is 87.1 Å². The summed E-state index contributed by atoms with van der Waals surface area (Å²) < 4.78 is 5.49. The monoisotopic (exact) mass is 423 g/mol. The van der Waals surface area contributed by atoms with E-state index in [1.165, 1.54) is 11.0 Å². The third kappa shape index (κ3) is 4.90. The zero-order valence-corrected chi connectivity index (χ0v) is 18.0. The summed E-state index contributed by atoms with van der Waals surface area (Å²) in [5.41, 5.74) is 1.76. The maximum Gasteiger partial charge on any atom is 0.290 e. The van der Waals surface area contributed by atoms with Crippen molar-refractivity contribution in [2.24, 2.45) is 0 Å². The fraction of sp³-hybridized carbons (Fsp3) is 0.360. The van der Waals surface area contributed by atoms with Gasteiger partial charge in [0.25, 0.3) is 5.91 Å². The number of ether oxygens (including phenoxy) is 1. The molecule has 0 aromatic heterocycles. The van der Waals surface area contributed by atoms with E-state index in [1.807, 2.05) is 44.2 Å². The van der Waals surface area contributed by atoms with E-state index in [0.717, 1.165) is 18.4 Å². The molecule has 2 N–H and O–H groups in total. The van der Waals surface area contributed by atoms with Gasteiger partial charge in [-0.3, -0.25) is 9.59 Å². The van der Waals surface area contributed by atoms with Crippen molar-refractivity contribution >= 4 is 11.7 Å². The van der Waals surface area contributed by atoms with Crippen LogP contribution >= 0.6 is 0 Å². The first kappa shape index (κ1) is 22.4. The summed E-state index contributed by atoms with van der Waals surface area (Å²) in [6.07, 6.45) is 2.32. The van der Waals surface area contributed by atoms with Gasteiger partial charge in [-0.05, 0) is 43.0 Å². The number of carbonyl (C=O) groups excluding carboxylic acids is 2. The summed E-state index contributed by atoms with van der Waals surface area (Å²) in [5.74, 6) is -1.01. The highest BCUT2D eigenvalue weighted by molar-refractivity contribution is 6.09. The zero-order chi connectivity index (χ0) is 22.4. The van der Waals surface area contributed by atoms with Crippen LogP contribution in [-0.2, 0) is 16.0 Å². The van der Waals surface area contributed by atoms with Crippen molar-refractivity contribution in [3.63, 3.8) is 0 Å². The maximum atomic E-state index is 13.2. The average Bonchev–Trinajstić information content (AvgIpc) is 3.03. The quantitative estimate of drug-likeness (QED) is 0.588. The SMILES string of the molecule is CCCCN1C(=O)C(O)=C(C(=O)CCc2ccccc2)C1c1ccc(O)c(OCC)c1. The molecular weight excluding hydrogens is 394 g/mol. The molecule has 31 heavy (non-hydrogen) atoms. The molecule has 2 aromatic carbocycles. The highest BCUT2D eigenvalue weighted by Crippen LogP contribution is 2.41. The summed E-state index contributed by atoms with van der Waals surface area (Å²) >= 11 is 0. The number of hydrogen-bond acceptors (Lipinski definition) is 5. The Morgan fingerprint density at radius 1 is 1.10 bits per heavy atom. The fourth-order valence-electron chi connectivity index (χ4n) is 3.85. The Morgan fingerprint density at radius 3 is 2.52 bits per heavy atom. The minimum atomic E-state index is -0.706. The molecule has 2 aromatic rings. The Kier molecular flexibility index (Phi) is 7.34. The van der Waals surface area contributed by atoms with Crippen LogP contribution < -0.4 is 4.74 Å². The molecule has 6 nitrogen and oxygen atoms in total. The number of rotatable bonds is 10. The van der Waals surface area contributed by atoms with E-state index in [1.54, 1.807) is 12.1 Å². The highest BCUT2D eigenvalue weighted by Gasteiger charge is 2.43. The lowest BCUT2D eigenvalue weighted by molar-refractivity contribution is -0.129. The van der Waals surface area contributed by atoms with Gasteiger partial charge in [0.1, 0.15) is 0 Å². The molecule has 6 heteroatoms. The third-order valence-corrected chi connectivity index (χ3v) is 5.44. The molecule has 0 aliphatic carbocycles. The Balaban J connectivity index is 1.95. The summed E-state index contributed by atoms with van der Waals surface area (Å²) in [6.45, 7) is 4.61. The van der Waals surface area contributed by atoms with Crippen LogP contribution in [0.3, 0.4) is 0 Å². The van der Waals surface area contributed by atoms with Gasteiger partial charge >= 0.3 is 0 Å². The normalized spacial score (nSPS) is 16.1. The van der Waals surface area contributed by atoms with Crippen molar-refractivity contribution in [1.82, 2.24) is 4.90 Å². The van der Waals surface area contributed by atoms with E-state index >= 15 is 0 Å². The number of benzene rings is 2. The second kappa shape index (κ2) is 10.2. The number of unbranched alkanes of at least 4 members (excludes halogenated alkanes) is 1. The van der Waals surface area contributed by atoms with E-state index in [9.17, 15) is 19.8 Å². The Labute approximate surface area is 182 Å². The van der Waals surface area contributed by atoms with E-state index in [0.29, 0.717) is 25.1 Å². The van der Waals surface area contributed by atoms with Gasteiger partial charge in [0, 0.05) is 13.0 Å². The molecule has 0 bridgehead atoms. The lowest BCUT2D eigenvalue weighted by Gasteiger charge is -2.27. The van der Waals surface area contributed by atoms with Crippen LogP contribution in [0.15, 0.2) is 59.9 Å². The molecule has 0 spiro atoms. The van der Waals surface area contributed by atoms with Crippen LogP contribution in [0, 0.1) is 0 Å². The first-order valence-corrected chi connectivity index (χ1v) is 10.7. The molecule has 1 aliphatic rings. The lowest BCUT2D eigenvalue weighted by Crippen LogP contribution is -2.32. The molecule has 0 saturated heterocycles. The summed E-state index contributed by atoms with van der Waals surface area (Å²) in [6, 6.07) is 13.7. The first-order valence-electron chi connectivity index (χ1n) is 10.7. The molecule has 1 aliphatic heterocycles. The number of aryl methyl sites for hydroxylation is 1. The van der Waals surface area contributed by atoms with Crippen molar-refractivity contribution in [3.8, 4) is 11.5 Å². The standard InChI is InChI=1S/C25H29NO5/c1-3-5-15-26-23(18-12-14-19(27)21(16-18)31-4-2)22(24(29)25(26)30)20(28)13-11-17-9-7-6-8-10-17/h6-10,12,14,16,23,27,29H,3-5,11,13,15H2,1-2H3. The number of phenols is 1. The van der Waals surface area contributed by atoms with Crippen molar-refractivity contribution in [2.45, 2.75) is 45.6 Å². The predicted octanol–water partition coefficient (Wildman–Crippen LogP) is 4.49. The van der Waals surface area contributed by atoms with Crippen molar-refractivity contribution in [3.05, 3.63) is 71.0 Å². The number of phenolic OH excluding ortho intramolecular Hbond substituents is 1. The van der Waals surface area contributed by atoms with E-state index in [4.69, 9.17) is 4.74 Å². The van der Waals surface area contributed by atoms with Crippen LogP contribution in [0.25, 0.3) is 0 Å². The number of ketones is 1. The second-order valence-corrected chi connectivity index (χ2v) is 7.59. The molecule has 1 heterocycles. The third-order valence-electron chi connectivity index (χ3n) is 5.44. The van der Waals surface area contributed by atoms with E-state index in [-0.39, 0.29) is 29.3 Å². The predicted molar refractivity (Wildman–Crippen MR) is 118 cm³/mol. The number of hydrogen-bond donors (Lipinski definition) is 2. The van der Waals surface area contributed by atoms with Gasteiger partial charge in [-0.1, -0.05) is 49.7 Å². The maximum absolute atomic E-state index is 13.2. The van der Waals surface area contributed by atoms with Gasteiger partial charge < -0.3 is 19.8 Å².